The quantitative estimate of drug-likeness (QED) is 0.724. The molecular weight excluding hydrogens is 386 g/mol. The molecule has 1 heterocycles. The lowest BCUT2D eigenvalue weighted by molar-refractivity contribution is -0.122. The van der Waals surface area contributed by atoms with Gasteiger partial charge in [-0.3, -0.25) is 4.79 Å². The second-order valence-corrected chi connectivity index (χ2v) is 8.10. The van der Waals surface area contributed by atoms with Gasteiger partial charge in [-0.15, -0.1) is 0 Å². The minimum Gasteiger partial charge on any atom is -0.356 e. The van der Waals surface area contributed by atoms with Crippen molar-refractivity contribution in [2.75, 3.05) is 25.0 Å². The van der Waals surface area contributed by atoms with Crippen LogP contribution in [0.1, 0.15) is 30.4 Å². The van der Waals surface area contributed by atoms with Gasteiger partial charge in [0.05, 0.1) is 0 Å². The van der Waals surface area contributed by atoms with E-state index in [2.05, 4.69) is 41.8 Å². The largest absolute Gasteiger partial charge is 0.356 e. The second kappa shape index (κ2) is 10.3. The zero-order chi connectivity index (χ0) is 20.6. The molecule has 0 aromatic heterocycles. The van der Waals surface area contributed by atoms with E-state index in [0.29, 0.717) is 42.7 Å². The number of aryl methyl sites for hydroxylation is 1. The van der Waals surface area contributed by atoms with Crippen LogP contribution in [0.4, 0.5) is 10.5 Å². The predicted octanol–water partition coefficient (Wildman–Crippen LogP) is 4.64. The summed E-state index contributed by atoms with van der Waals surface area (Å²) in [6, 6.07) is 15.4. The number of rotatable bonds is 6. The Hall–Kier alpha value is -2.53. The monoisotopic (exact) mass is 413 g/mol. The second-order valence-electron chi connectivity index (χ2n) is 7.66. The molecule has 2 aromatic carbocycles. The Bertz CT molecular complexity index is 830. The van der Waals surface area contributed by atoms with E-state index in [9.17, 15) is 9.59 Å². The van der Waals surface area contributed by atoms with Crippen LogP contribution >= 0.6 is 11.6 Å². The van der Waals surface area contributed by atoms with E-state index in [1.54, 1.807) is 17.0 Å². The molecule has 0 spiro atoms. The summed E-state index contributed by atoms with van der Waals surface area (Å²) in [7, 11) is 0. The third-order valence-corrected chi connectivity index (χ3v) is 5.54. The van der Waals surface area contributed by atoms with Crippen molar-refractivity contribution in [1.29, 1.82) is 0 Å². The van der Waals surface area contributed by atoms with E-state index in [1.807, 2.05) is 12.1 Å². The number of amides is 3. The number of urea groups is 1. The molecule has 154 valence electrons. The molecule has 5 nitrogen and oxygen atoms in total. The van der Waals surface area contributed by atoms with Gasteiger partial charge >= 0.3 is 6.03 Å². The molecule has 29 heavy (non-hydrogen) atoms. The summed E-state index contributed by atoms with van der Waals surface area (Å²) in [6.07, 6.45) is 3.05. The van der Waals surface area contributed by atoms with Gasteiger partial charge in [0.1, 0.15) is 0 Å². The van der Waals surface area contributed by atoms with E-state index < -0.39 is 0 Å². The Morgan fingerprint density at radius 1 is 1.10 bits per heavy atom. The Morgan fingerprint density at radius 3 is 2.52 bits per heavy atom. The van der Waals surface area contributed by atoms with Crippen LogP contribution in [-0.2, 0) is 11.2 Å². The molecular formula is C23H28ClN3O2. The molecule has 1 saturated heterocycles. The summed E-state index contributed by atoms with van der Waals surface area (Å²) in [5.74, 6) is 0.420. The molecule has 3 rings (SSSR count). The lowest BCUT2D eigenvalue weighted by Crippen LogP contribution is -2.42. The van der Waals surface area contributed by atoms with Crippen molar-refractivity contribution in [2.24, 2.45) is 5.92 Å². The van der Waals surface area contributed by atoms with Crippen LogP contribution in [0.3, 0.4) is 0 Å². The minimum atomic E-state index is -0.117. The highest BCUT2D eigenvalue weighted by molar-refractivity contribution is 6.30. The highest BCUT2D eigenvalue weighted by atomic mass is 35.5. The first-order valence-electron chi connectivity index (χ1n) is 10.1. The van der Waals surface area contributed by atoms with Crippen LogP contribution in [0.5, 0.6) is 0 Å². The van der Waals surface area contributed by atoms with Crippen molar-refractivity contribution in [3.63, 3.8) is 0 Å². The maximum Gasteiger partial charge on any atom is 0.321 e. The van der Waals surface area contributed by atoms with Gasteiger partial charge in [0.25, 0.3) is 0 Å². The van der Waals surface area contributed by atoms with E-state index in [4.69, 9.17) is 11.6 Å². The van der Waals surface area contributed by atoms with Gasteiger partial charge in [0.2, 0.25) is 5.91 Å². The highest BCUT2D eigenvalue weighted by Gasteiger charge is 2.24. The number of piperidine rings is 1. The number of benzene rings is 2. The number of carbonyl (C=O) groups is 2. The van der Waals surface area contributed by atoms with Gasteiger partial charge in [-0.25, -0.2) is 4.79 Å². The van der Waals surface area contributed by atoms with E-state index in [1.165, 1.54) is 11.1 Å². The molecule has 1 aliphatic heterocycles. The Labute approximate surface area is 177 Å². The first kappa shape index (κ1) is 21.2. The fourth-order valence-electron chi connectivity index (χ4n) is 3.54. The average molecular weight is 414 g/mol. The number of nitrogens with zero attached hydrogens (tertiary/aromatic N) is 1. The van der Waals surface area contributed by atoms with Gasteiger partial charge in [-0.1, -0.05) is 47.5 Å². The smallest absolute Gasteiger partial charge is 0.321 e. The lowest BCUT2D eigenvalue weighted by atomic mass is 9.93. The van der Waals surface area contributed by atoms with Crippen LogP contribution < -0.4 is 10.6 Å². The molecule has 1 fully saturated rings. The predicted molar refractivity (Wildman–Crippen MR) is 117 cm³/mol. The van der Waals surface area contributed by atoms with Crippen LogP contribution in [0.2, 0.25) is 5.02 Å². The lowest BCUT2D eigenvalue weighted by Gasteiger charge is -2.31. The third kappa shape index (κ3) is 6.79. The number of hydrogen-bond donors (Lipinski definition) is 2. The fourth-order valence-corrected chi connectivity index (χ4v) is 3.73. The molecule has 0 saturated carbocycles. The number of carbonyl (C=O) groups excluding carboxylic acids is 2. The molecule has 0 aliphatic carbocycles. The molecule has 0 radical (unpaired) electrons. The minimum absolute atomic E-state index is 0.0962. The van der Waals surface area contributed by atoms with Crippen LogP contribution in [-0.4, -0.2) is 36.5 Å². The maximum absolute atomic E-state index is 12.4. The van der Waals surface area contributed by atoms with Crippen molar-refractivity contribution in [1.82, 2.24) is 10.2 Å². The molecule has 6 heteroatoms. The summed E-state index contributed by atoms with van der Waals surface area (Å²) < 4.78 is 0. The molecule has 2 aromatic rings. The van der Waals surface area contributed by atoms with Crippen molar-refractivity contribution in [2.45, 2.75) is 32.6 Å². The summed E-state index contributed by atoms with van der Waals surface area (Å²) in [4.78, 5) is 26.4. The summed E-state index contributed by atoms with van der Waals surface area (Å²) in [6.45, 7) is 4.04. The van der Waals surface area contributed by atoms with Gasteiger partial charge in [-0.05, 0) is 55.9 Å². The first-order chi connectivity index (χ1) is 14.0. The average Bonchev–Trinajstić information content (AvgIpc) is 2.70. The SMILES string of the molecule is Cc1ccc(CCNC(=O)CC2CCN(C(=O)Nc3cccc(Cl)c3)CC2)cc1. The molecule has 3 amide bonds. The van der Waals surface area contributed by atoms with E-state index >= 15 is 0 Å². The van der Waals surface area contributed by atoms with Crippen molar-refractivity contribution < 1.29 is 9.59 Å². The molecule has 0 bridgehead atoms. The Kier molecular flexibility index (Phi) is 7.53. The summed E-state index contributed by atoms with van der Waals surface area (Å²) >= 11 is 5.96. The van der Waals surface area contributed by atoms with E-state index in [0.717, 1.165) is 19.3 Å². The van der Waals surface area contributed by atoms with Gasteiger partial charge < -0.3 is 15.5 Å². The highest BCUT2D eigenvalue weighted by Crippen LogP contribution is 2.22. The van der Waals surface area contributed by atoms with E-state index in [-0.39, 0.29) is 11.9 Å². The molecule has 1 aliphatic rings. The van der Waals surface area contributed by atoms with Crippen LogP contribution in [0.25, 0.3) is 0 Å². The number of anilines is 1. The van der Waals surface area contributed by atoms with Crippen molar-refractivity contribution in [3.05, 3.63) is 64.7 Å². The Balaban J connectivity index is 1.35. The third-order valence-electron chi connectivity index (χ3n) is 5.31. The van der Waals surface area contributed by atoms with Gasteiger partial charge in [-0.2, -0.15) is 0 Å². The Morgan fingerprint density at radius 2 is 1.83 bits per heavy atom. The van der Waals surface area contributed by atoms with Crippen LogP contribution in [0, 0.1) is 12.8 Å². The molecule has 0 unspecified atom stereocenters. The summed E-state index contributed by atoms with van der Waals surface area (Å²) in [5, 5.41) is 6.49. The number of likely N-dealkylation sites (tertiary alicyclic amines) is 1. The zero-order valence-corrected chi connectivity index (χ0v) is 17.5. The van der Waals surface area contributed by atoms with Crippen molar-refractivity contribution >= 4 is 29.2 Å². The number of hydrogen-bond acceptors (Lipinski definition) is 2. The number of nitrogens with one attached hydrogen (secondary N) is 2. The summed E-state index contributed by atoms with van der Waals surface area (Å²) in [5.41, 5.74) is 3.16. The molecule has 2 N–H and O–H groups in total. The standard InChI is InChI=1S/C23H28ClN3O2/c1-17-5-7-18(8-6-17)9-12-25-22(28)15-19-10-13-27(14-11-19)23(29)26-21-4-2-3-20(24)16-21/h2-8,16,19H,9-15H2,1H3,(H,25,28)(H,26,29). The van der Waals surface area contributed by atoms with Gasteiger partial charge in [0, 0.05) is 36.8 Å². The first-order valence-corrected chi connectivity index (χ1v) is 10.5. The number of halogens is 1. The fraction of sp³-hybridized carbons (Fsp3) is 0.391. The normalized spacial score (nSPS) is 14.5. The zero-order valence-electron chi connectivity index (χ0n) is 16.8. The molecule has 0 atom stereocenters. The van der Waals surface area contributed by atoms with Crippen LogP contribution in [0.15, 0.2) is 48.5 Å². The maximum atomic E-state index is 12.4. The van der Waals surface area contributed by atoms with Gasteiger partial charge in [0.15, 0.2) is 0 Å². The van der Waals surface area contributed by atoms with Crippen molar-refractivity contribution in [3.8, 4) is 0 Å². The topological polar surface area (TPSA) is 61.4 Å².